The number of rotatable bonds is 3. The molecule has 1 aliphatic heterocycles. The fourth-order valence-corrected chi connectivity index (χ4v) is 5.60. The molecule has 0 saturated carbocycles. The Morgan fingerprint density at radius 2 is 1.83 bits per heavy atom. The molecular formula is C17H22N2O3S. The Bertz CT molecular complexity index is 816. The van der Waals surface area contributed by atoms with Gasteiger partial charge in [0.15, 0.2) is 0 Å². The number of aromatic nitrogens is 1. The van der Waals surface area contributed by atoms with Crippen molar-refractivity contribution in [1.29, 1.82) is 0 Å². The minimum absolute atomic E-state index is 0.229. The largest absolute Gasteiger partial charge is 0.394 e. The molecule has 0 radical (unpaired) electrons. The van der Waals surface area contributed by atoms with E-state index in [0.717, 1.165) is 22.4 Å². The number of fused-ring (bicyclic) bond motifs is 1. The number of hydrogen-bond donors (Lipinski definition) is 1. The first kappa shape index (κ1) is 16.2. The molecule has 0 aliphatic carbocycles. The Kier molecular flexibility index (Phi) is 4.08. The van der Waals surface area contributed by atoms with E-state index in [1.165, 1.54) is 4.31 Å². The van der Waals surface area contributed by atoms with Crippen LogP contribution in [0.1, 0.15) is 28.4 Å². The molecule has 1 aromatic heterocycles. The van der Waals surface area contributed by atoms with Crippen molar-refractivity contribution in [3.05, 3.63) is 52.8 Å². The zero-order valence-corrected chi connectivity index (χ0v) is 14.5. The fourth-order valence-electron chi connectivity index (χ4n) is 3.61. The normalized spacial score (nSPS) is 18.9. The van der Waals surface area contributed by atoms with Crippen LogP contribution in [0.5, 0.6) is 0 Å². The molecule has 1 aliphatic rings. The van der Waals surface area contributed by atoms with Crippen molar-refractivity contribution in [1.82, 2.24) is 8.87 Å². The molecule has 0 bridgehead atoms. The van der Waals surface area contributed by atoms with Gasteiger partial charge in [-0.1, -0.05) is 17.7 Å². The Hall–Kier alpha value is -1.63. The number of benzene rings is 1. The molecule has 1 unspecified atom stereocenters. The minimum atomic E-state index is -3.66. The molecule has 0 amide bonds. The van der Waals surface area contributed by atoms with Crippen molar-refractivity contribution in [3.8, 4) is 0 Å². The number of aliphatic hydroxyl groups excluding tert-OH is 1. The topological polar surface area (TPSA) is 62.5 Å². The van der Waals surface area contributed by atoms with Crippen molar-refractivity contribution >= 4 is 10.0 Å². The van der Waals surface area contributed by atoms with Crippen LogP contribution in [0.25, 0.3) is 0 Å². The maximum Gasteiger partial charge on any atom is 0.244 e. The number of sulfonamides is 1. The summed E-state index contributed by atoms with van der Waals surface area (Å²) in [4.78, 5) is 0.363. The molecule has 3 rings (SSSR count). The quantitative estimate of drug-likeness (QED) is 0.935. The monoisotopic (exact) mass is 334 g/mol. The van der Waals surface area contributed by atoms with Gasteiger partial charge in [0.2, 0.25) is 10.0 Å². The van der Waals surface area contributed by atoms with Crippen LogP contribution < -0.4 is 0 Å². The van der Waals surface area contributed by atoms with Crippen molar-refractivity contribution in [2.24, 2.45) is 0 Å². The predicted molar refractivity (Wildman–Crippen MR) is 88.8 cm³/mol. The van der Waals surface area contributed by atoms with E-state index < -0.39 is 16.1 Å². The van der Waals surface area contributed by atoms with Gasteiger partial charge in [0.1, 0.15) is 0 Å². The highest BCUT2D eigenvalue weighted by Crippen LogP contribution is 2.33. The van der Waals surface area contributed by atoms with Crippen LogP contribution in [0.3, 0.4) is 0 Å². The van der Waals surface area contributed by atoms with Gasteiger partial charge in [0.25, 0.3) is 0 Å². The van der Waals surface area contributed by atoms with Gasteiger partial charge in [-0.05, 0) is 44.0 Å². The molecule has 0 saturated heterocycles. The van der Waals surface area contributed by atoms with Crippen LogP contribution in [-0.2, 0) is 16.6 Å². The number of hydrogen-bond acceptors (Lipinski definition) is 3. The summed E-state index contributed by atoms with van der Waals surface area (Å²) in [5.41, 5.74) is 3.38. The van der Waals surface area contributed by atoms with Crippen molar-refractivity contribution in [2.45, 2.75) is 38.3 Å². The van der Waals surface area contributed by atoms with Crippen LogP contribution in [0, 0.1) is 20.8 Å². The molecule has 1 aromatic carbocycles. The van der Waals surface area contributed by atoms with Crippen LogP contribution in [0.15, 0.2) is 35.4 Å². The average molecular weight is 334 g/mol. The number of aliphatic hydroxyl groups is 1. The lowest BCUT2D eigenvalue weighted by atomic mass is 10.1. The molecule has 23 heavy (non-hydrogen) atoms. The van der Waals surface area contributed by atoms with Crippen molar-refractivity contribution < 1.29 is 13.5 Å². The molecular weight excluding hydrogens is 312 g/mol. The van der Waals surface area contributed by atoms with Crippen molar-refractivity contribution in [2.75, 3.05) is 13.2 Å². The SMILES string of the molecule is Cc1cc(C)c(S(=O)(=O)N2CCn3cccc3C2CO)c(C)c1. The van der Waals surface area contributed by atoms with Gasteiger partial charge in [0, 0.05) is 25.0 Å². The Morgan fingerprint density at radius 1 is 1.17 bits per heavy atom. The summed E-state index contributed by atoms with van der Waals surface area (Å²) in [7, 11) is -3.66. The van der Waals surface area contributed by atoms with E-state index in [1.807, 2.05) is 55.8 Å². The van der Waals surface area contributed by atoms with E-state index in [4.69, 9.17) is 0 Å². The van der Waals surface area contributed by atoms with Gasteiger partial charge in [0.05, 0.1) is 17.5 Å². The smallest absolute Gasteiger partial charge is 0.244 e. The molecule has 2 heterocycles. The van der Waals surface area contributed by atoms with E-state index >= 15 is 0 Å². The molecule has 2 aromatic rings. The highest BCUT2D eigenvalue weighted by Gasteiger charge is 2.37. The van der Waals surface area contributed by atoms with Gasteiger partial charge >= 0.3 is 0 Å². The summed E-state index contributed by atoms with van der Waals surface area (Å²) in [6.45, 7) is 6.35. The second-order valence-electron chi connectivity index (χ2n) is 6.17. The lowest BCUT2D eigenvalue weighted by Gasteiger charge is -2.35. The summed E-state index contributed by atoms with van der Waals surface area (Å²) in [6, 6.07) is 7.00. The summed E-state index contributed by atoms with van der Waals surface area (Å²) in [5.74, 6) is 0. The van der Waals surface area contributed by atoms with Gasteiger partial charge in [-0.15, -0.1) is 0 Å². The minimum Gasteiger partial charge on any atom is -0.394 e. The molecule has 124 valence electrons. The maximum atomic E-state index is 13.2. The third-order valence-corrected chi connectivity index (χ3v) is 6.67. The second-order valence-corrected chi connectivity index (χ2v) is 8.00. The first-order valence-corrected chi connectivity index (χ1v) is 9.16. The summed E-state index contributed by atoms with van der Waals surface area (Å²) in [6.07, 6.45) is 1.92. The van der Waals surface area contributed by atoms with E-state index in [0.29, 0.717) is 18.0 Å². The molecule has 1 atom stereocenters. The van der Waals surface area contributed by atoms with Gasteiger partial charge in [-0.25, -0.2) is 8.42 Å². The van der Waals surface area contributed by atoms with Crippen LogP contribution in [0.2, 0.25) is 0 Å². The van der Waals surface area contributed by atoms with Gasteiger partial charge in [-0.2, -0.15) is 4.31 Å². The fraction of sp³-hybridized carbons (Fsp3) is 0.412. The van der Waals surface area contributed by atoms with Crippen LogP contribution in [0.4, 0.5) is 0 Å². The van der Waals surface area contributed by atoms with Gasteiger partial charge in [-0.3, -0.25) is 0 Å². The Balaban J connectivity index is 2.11. The molecule has 0 spiro atoms. The first-order chi connectivity index (χ1) is 10.9. The molecule has 6 heteroatoms. The second kappa shape index (κ2) is 5.78. The van der Waals surface area contributed by atoms with E-state index in [1.54, 1.807) is 0 Å². The lowest BCUT2D eigenvalue weighted by Crippen LogP contribution is -2.43. The van der Waals surface area contributed by atoms with E-state index in [2.05, 4.69) is 0 Å². The Labute approximate surface area is 137 Å². The third kappa shape index (κ3) is 2.60. The van der Waals surface area contributed by atoms with E-state index in [9.17, 15) is 13.5 Å². The highest BCUT2D eigenvalue weighted by atomic mass is 32.2. The van der Waals surface area contributed by atoms with Crippen LogP contribution in [-0.4, -0.2) is 35.5 Å². The van der Waals surface area contributed by atoms with E-state index in [-0.39, 0.29) is 6.61 Å². The van der Waals surface area contributed by atoms with Crippen LogP contribution >= 0.6 is 0 Å². The number of nitrogens with zero attached hydrogens (tertiary/aromatic N) is 2. The van der Waals surface area contributed by atoms with Crippen molar-refractivity contribution in [3.63, 3.8) is 0 Å². The van der Waals surface area contributed by atoms with Gasteiger partial charge < -0.3 is 9.67 Å². The average Bonchev–Trinajstić information content (AvgIpc) is 2.92. The molecule has 1 N–H and O–H groups in total. The molecule has 5 nitrogen and oxygen atoms in total. The standard InChI is InChI=1S/C17H22N2O3S/c1-12-9-13(2)17(14(3)10-12)23(21,22)19-8-7-18-6-4-5-15(18)16(19)11-20/h4-6,9-10,16,20H,7-8,11H2,1-3H3. The summed E-state index contributed by atoms with van der Waals surface area (Å²) >= 11 is 0. The maximum absolute atomic E-state index is 13.2. The zero-order chi connectivity index (χ0) is 16.8. The third-order valence-electron chi connectivity index (χ3n) is 4.46. The summed E-state index contributed by atoms with van der Waals surface area (Å²) < 4.78 is 29.9. The molecule has 0 fully saturated rings. The summed E-state index contributed by atoms with van der Waals surface area (Å²) in [5, 5.41) is 9.80. The lowest BCUT2D eigenvalue weighted by molar-refractivity contribution is 0.162. The number of aryl methyl sites for hydroxylation is 3. The zero-order valence-electron chi connectivity index (χ0n) is 13.7. The Morgan fingerprint density at radius 3 is 2.43 bits per heavy atom. The predicted octanol–water partition coefficient (Wildman–Crippen LogP) is 2.15. The highest BCUT2D eigenvalue weighted by molar-refractivity contribution is 7.89. The first-order valence-electron chi connectivity index (χ1n) is 7.72.